The zero-order valence-corrected chi connectivity index (χ0v) is 5.83. The molecule has 2 heterocycles. The van der Waals surface area contributed by atoms with Gasteiger partial charge in [0, 0.05) is 24.5 Å². The molecule has 0 aromatic carbocycles. The number of aliphatic imine (C=N–C) groups is 2. The van der Waals surface area contributed by atoms with E-state index in [4.69, 9.17) is 0 Å². The van der Waals surface area contributed by atoms with Gasteiger partial charge in [-0.1, -0.05) is 0 Å². The highest BCUT2D eigenvalue weighted by Gasteiger charge is 2.16. The van der Waals surface area contributed by atoms with Crippen LogP contribution >= 0.6 is 0 Å². The zero-order chi connectivity index (χ0) is 6.81. The van der Waals surface area contributed by atoms with E-state index in [9.17, 15) is 0 Å². The van der Waals surface area contributed by atoms with Gasteiger partial charge in [0.15, 0.2) is 0 Å². The number of fused-ring (bicyclic) bond motifs is 1. The first-order valence-electron chi connectivity index (χ1n) is 3.71. The summed E-state index contributed by atoms with van der Waals surface area (Å²) >= 11 is 0. The third-order valence-electron chi connectivity index (χ3n) is 2.01. The maximum atomic E-state index is 4.27. The summed E-state index contributed by atoms with van der Waals surface area (Å²) < 4.78 is 0. The Morgan fingerprint density at radius 2 is 2.40 bits per heavy atom. The van der Waals surface area contributed by atoms with Crippen molar-refractivity contribution in [1.29, 1.82) is 0 Å². The van der Waals surface area contributed by atoms with Crippen molar-refractivity contribution in [3.8, 4) is 0 Å². The van der Waals surface area contributed by atoms with Crippen LogP contribution in [0.3, 0.4) is 0 Å². The maximum absolute atomic E-state index is 4.27. The molecule has 2 nitrogen and oxygen atoms in total. The van der Waals surface area contributed by atoms with E-state index in [1.807, 2.05) is 18.6 Å². The fraction of sp³-hybridized carbons (Fsp3) is 0.500. The monoisotopic (exact) mass is 134 g/mol. The van der Waals surface area contributed by atoms with E-state index >= 15 is 0 Å². The average molecular weight is 134 g/mol. The number of rotatable bonds is 0. The summed E-state index contributed by atoms with van der Waals surface area (Å²) in [6.45, 7) is 0. The second-order valence-electron chi connectivity index (χ2n) is 2.71. The van der Waals surface area contributed by atoms with Crippen LogP contribution in [0.5, 0.6) is 0 Å². The second-order valence-corrected chi connectivity index (χ2v) is 2.71. The highest BCUT2D eigenvalue weighted by Crippen LogP contribution is 2.26. The maximum Gasteiger partial charge on any atom is 0.0616 e. The Bertz CT molecular complexity index is 213. The lowest BCUT2D eigenvalue weighted by molar-refractivity contribution is 0.574. The van der Waals surface area contributed by atoms with Crippen molar-refractivity contribution in [2.75, 3.05) is 0 Å². The first kappa shape index (κ1) is 5.83. The van der Waals surface area contributed by atoms with Gasteiger partial charge in [-0.05, 0) is 19.3 Å². The lowest BCUT2D eigenvalue weighted by Crippen LogP contribution is -2.10. The summed E-state index contributed by atoms with van der Waals surface area (Å²) in [5, 5.41) is 0. The van der Waals surface area contributed by atoms with Crippen LogP contribution in [-0.2, 0) is 0 Å². The molecule has 2 aliphatic heterocycles. The fourth-order valence-electron chi connectivity index (χ4n) is 1.39. The highest BCUT2D eigenvalue weighted by molar-refractivity contribution is 5.65. The third kappa shape index (κ3) is 0.897. The van der Waals surface area contributed by atoms with Gasteiger partial charge in [0.25, 0.3) is 0 Å². The van der Waals surface area contributed by atoms with Gasteiger partial charge in [-0.25, -0.2) is 0 Å². The Balaban J connectivity index is 2.27. The molecule has 0 aromatic rings. The van der Waals surface area contributed by atoms with Crippen molar-refractivity contribution in [3.05, 3.63) is 11.9 Å². The molecule has 2 aliphatic rings. The molecule has 2 rings (SSSR count). The average Bonchev–Trinajstić information content (AvgIpc) is 2.05. The van der Waals surface area contributed by atoms with E-state index in [0.717, 1.165) is 12.8 Å². The van der Waals surface area contributed by atoms with Gasteiger partial charge in [-0.15, -0.1) is 0 Å². The standard InChI is InChI=1S/C8H10N2/c1-2-7-3-5-9-6-8(7)10-4-1/h4-7H,1-3H2. The first-order valence-corrected chi connectivity index (χ1v) is 3.71. The Kier molecular flexibility index (Phi) is 1.38. The van der Waals surface area contributed by atoms with Crippen molar-refractivity contribution in [2.45, 2.75) is 19.3 Å². The summed E-state index contributed by atoms with van der Waals surface area (Å²) in [4.78, 5) is 8.33. The van der Waals surface area contributed by atoms with E-state index in [2.05, 4.69) is 9.98 Å². The topological polar surface area (TPSA) is 24.7 Å². The molecule has 0 saturated heterocycles. The number of allylic oxidation sites excluding steroid dienone is 1. The van der Waals surface area contributed by atoms with Crippen LogP contribution in [0.4, 0.5) is 0 Å². The molecule has 1 atom stereocenters. The van der Waals surface area contributed by atoms with Crippen LogP contribution in [0.15, 0.2) is 21.9 Å². The van der Waals surface area contributed by atoms with Crippen LogP contribution in [0.25, 0.3) is 0 Å². The minimum absolute atomic E-state index is 0.669. The van der Waals surface area contributed by atoms with Gasteiger partial charge >= 0.3 is 0 Å². The van der Waals surface area contributed by atoms with E-state index < -0.39 is 0 Å². The van der Waals surface area contributed by atoms with Crippen molar-refractivity contribution in [1.82, 2.24) is 0 Å². The molecule has 0 saturated carbocycles. The largest absolute Gasteiger partial charge is 0.267 e. The zero-order valence-electron chi connectivity index (χ0n) is 5.83. The van der Waals surface area contributed by atoms with Gasteiger partial charge in [-0.3, -0.25) is 9.98 Å². The number of nitrogens with zero attached hydrogens (tertiary/aromatic N) is 2. The molecular weight excluding hydrogens is 124 g/mol. The predicted molar refractivity (Wildman–Crippen MR) is 42.4 cm³/mol. The molecule has 0 bridgehead atoms. The summed E-state index contributed by atoms with van der Waals surface area (Å²) in [5.41, 5.74) is 1.17. The Labute approximate surface area is 60.4 Å². The van der Waals surface area contributed by atoms with Gasteiger partial charge in [0.2, 0.25) is 0 Å². The van der Waals surface area contributed by atoms with E-state index in [1.54, 1.807) is 0 Å². The van der Waals surface area contributed by atoms with Gasteiger partial charge in [0.05, 0.1) is 5.70 Å². The van der Waals surface area contributed by atoms with E-state index in [-0.39, 0.29) is 0 Å². The minimum atomic E-state index is 0.669. The SMILES string of the molecule is C1=NC=C2N=CCCC2C1. The van der Waals surface area contributed by atoms with Crippen molar-refractivity contribution >= 4 is 12.4 Å². The van der Waals surface area contributed by atoms with Crippen LogP contribution in [0, 0.1) is 5.92 Å². The molecular formula is C8H10N2. The summed E-state index contributed by atoms with van der Waals surface area (Å²) in [6.07, 6.45) is 9.32. The Morgan fingerprint density at radius 1 is 1.40 bits per heavy atom. The molecule has 0 radical (unpaired) electrons. The molecule has 1 unspecified atom stereocenters. The third-order valence-corrected chi connectivity index (χ3v) is 2.01. The first-order chi connectivity index (χ1) is 4.97. The smallest absolute Gasteiger partial charge is 0.0616 e. The second kappa shape index (κ2) is 2.37. The number of hydrogen-bond acceptors (Lipinski definition) is 2. The van der Waals surface area contributed by atoms with E-state index in [0.29, 0.717) is 5.92 Å². The summed E-state index contributed by atoms with van der Waals surface area (Å²) in [6, 6.07) is 0. The Morgan fingerprint density at radius 3 is 3.30 bits per heavy atom. The van der Waals surface area contributed by atoms with Gasteiger partial charge in [-0.2, -0.15) is 0 Å². The highest BCUT2D eigenvalue weighted by atomic mass is 14.8. The van der Waals surface area contributed by atoms with E-state index in [1.165, 1.54) is 12.1 Å². The van der Waals surface area contributed by atoms with Crippen LogP contribution in [0.2, 0.25) is 0 Å². The molecule has 0 spiro atoms. The lowest BCUT2D eigenvalue weighted by atomic mass is 9.94. The quantitative estimate of drug-likeness (QED) is 0.482. The lowest BCUT2D eigenvalue weighted by Gasteiger charge is -2.19. The van der Waals surface area contributed by atoms with Crippen molar-refractivity contribution < 1.29 is 0 Å². The molecule has 2 heteroatoms. The molecule has 0 aliphatic carbocycles. The fourth-order valence-corrected chi connectivity index (χ4v) is 1.39. The summed E-state index contributed by atoms with van der Waals surface area (Å²) in [5.74, 6) is 0.669. The molecule has 0 aromatic heterocycles. The molecule has 0 N–H and O–H groups in total. The van der Waals surface area contributed by atoms with Gasteiger partial charge < -0.3 is 0 Å². The van der Waals surface area contributed by atoms with Crippen LogP contribution in [-0.4, -0.2) is 12.4 Å². The molecule has 52 valence electrons. The Hall–Kier alpha value is -0.920. The van der Waals surface area contributed by atoms with Crippen LogP contribution in [0.1, 0.15) is 19.3 Å². The molecule has 10 heavy (non-hydrogen) atoms. The predicted octanol–water partition coefficient (Wildman–Crippen LogP) is 1.78. The van der Waals surface area contributed by atoms with Crippen LogP contribution < -0.4 is 0 Å². The molecule has 0 amide bonds. The summed E-state index contributed by atoms with van der Waals surface area (Å²) in [7, 11) is 0. The number of hydrogen-bond donors (Lipinski definition) is 0. The molecule has 0 fully saturated rings. The minimum Gasteiger partial charge on any atom is -0.267 e. The normalized spacial score (nSPS) is 29.6. The van der Waals surface area contributed by atoms with Crippen molar-refractivity contribution in [3.63, 3.8) is 0 Å². The van der Waals surface area contributed by atoms with Crippen molar-refractivity contribution in [2.24, 2.45) is 15.9 Å². The van der Waals surface area contributed by atoms with Gasteiger partial charge in [0.1, 0.15) is 0 Å².